The van der Waals surface area contributed by atoms with Crippen LogP contribution in [0.1, 0.15) is 85.5 Å². The molecule has 2 fully saturated rings. The van der Waals surface area contributed by atoms with Gasteiger partial charge in [0.25, 0.3) is 0 Å². The van der Waals surface area contributed by atoms with Crippen LogP contribution in [0.15, 0.2) is 11.8 Å². The number of halogens is 3. The minimum atomic E-state index is -5.65. The van der Waals surface area contributed by atoms with E-state index in [1.165, 1.54) is 18.9 Å². The average Bonchev–Trinajstić information content (AvgIpc) is 3.43. The van der Waals surface area contributed by atoms with Gasteiger partial charge in [-0.2, -0.15) is 21.6 Å². The van der Waals surface area contributed by atoms with E-state index in [-0.39, 0.29) is 43.4 Å². The fourth-order valence-corrected chi connectivity index (χ4v) is 4.32. The van der Waals surface area contributed by atoms with Crippen LogP contribution in [0, 0.1) is 10.8 Å². The molecule has 2 aliphatic carbocycles. The second-order valence-electron chi connectivity index (χ2n) is 9.78. The fraction of sp³-hybridized carbons (Fsp3) is 0.800. The van der Waals surface area contributed by atoms with Crippen LogP contribution in [0.25, 0.3) is 0 Å². The van der Waals surface area contributed by atoms with Crippen molar-refractivity contribution in [3.05, 3.63) is 11.8 Å². The van der Waals surface area contributed by atoms with Crippen LogP contribution in [-0.4, -0.2) is 58.1 Å². The van der Waals surface area contributed by atoms with Gasteiger partial charge in [-0.05, 0) is 72.3 Å². The van der Waals surface area contributed by atoms with Crippen molar-refractivity contribution in [2.75, 3.05) is 26.4 Å². The third-order valence-corrected chi connectivity index (χ3v) is 7.48. The van der Waals surface area contributed by atoms with Gasteiger partial charge in [-0.25, -0.2) is 0 Å². The van der Waals surface area contributed by atoms with E-state index in [9.17, 15) is 36.0 Å². The van der Waals surface area contributed by atoms with Crippen molar-refractivity contribution in [2.45, 2.75) is 91.0 Å². The Kier molecular flexibility index (Phi) is 13.2. The van der Waals surface area contributed by atoms with Crippen LogP contribution in [0.3, 0.4) is 0 Å². The molecule has 1 aliphatic heterocycles. The quantitative estimate of drug-likeness (QED) is 0.246. The number of ketones is 1. The molecule has 1 atom stereocenters. The second kappa shape index (κ2) is 14.9. The summed E-state index contributed by atoms with van der Waals surface area (Å²) in [4.78, 5) is 34.2. The predicted octanol–water partition coefficient (Wildman–Crippen LogP) is 4.99. The van der Waals surface area contributed by atoms with Gasteiger partial charge in [-0.3, -0.25) is 14.4 Å². The zero-order valence-electron chi connectivity index (χ0n) is 22.5. The molecular formula is C25H39F3O9S. The van der Waals surface area contributed by atoms with Crippen molar-refractivity contribution in [1.82, 2.24) is 0 Å². The molecule has 0 radical (unpaired) electrons. The van der Waals surface area contributed by atoms with E-state index in [0.717, 1.165) is 13.2 Å². The van der Waals surface area contributed by atoms with Gasteiger partial charge >= 0.3 is 27.6 Å². The van der Waals surface area contributed by atoms with Gasteiger partial charge in [-0.15, -0.1) is 0 Å². The molecule has 1 saturated heterocycles. The van der Waals surface area contributed by atoms with Gasteiger partial charge in [0.1, 0.15) is 11.5 Å². The number of Topliss-reactive ketones (excluding diaryl/α,β-unsaturated/α-hetero) is 1. The maximum atomic E-state index is 12.2. The highest BCUT2D eigenvalue weighted by molar-refractivity contribution is 7.87. The molecule has 13 heteroatoms. The molecule has 3 aliphatic rings. The molecular weight excluding hydrogens is 533 g/mol. The summed E-state index contributed by atoms with van der Waals surface area (Å²) in [7, 11) is -5.65. The van der Waals surface area contributed by atoms with E-state index in [1.807, 2.05) is 6.92 Å². The predicted molar refractivity (Wildman–Crippen MR) is 131 cm³/mol. The molecule has 9 nitrogen and oxygen atoms in total. The first-order valence-electron chi connectivity index (χ1n) is 12.7. The van der Waals surface area contributed by atoms with Crippen molar-refractivity contribution in [1.29, 1.82) is 0 Å². The summed E-state index contributed by atoms with van der Waals surface area (Å²) in [6.07, 6.45) is 6.22. The molecule has 0 aromatic carbocycles. The van der Waals surface area contributed by atoms with E-state index >= 15 is 0 Å². The van der Waals surface area contributed by atoms with Gasteiger partial charge < -0.3 is 18.4 Å². The Morgan fingerprint density at radius 1 is 0.921 bits per heavy atom. The number of ether oxygens (including phenoxy) is 3. The third kappa shape index (κ3) is 10.5. The normalized spacial score (nSPS) is 23.0. The first-order chi connectivity index (χ1) is 17.6. The molecule has 0 aromatic heterocycles. The molecule has 0 bridgehead atoms. The number of carbonyl (C=O) groups excluding carboxylic acids is 3. The Labute approximate surface area is 222 Å². The summed E-state index contributed by atoms with van der Waals surface area (Å²) < 4.78 is 77.0. The molecule has 1 heterocycles. The van der Waals surface area contributed by atoms with Crippen LogP contribution in [0.5, 0.6) is 0 Å². The van der Waals surface area contributed by atoms with Crippen molar-refractivity contribution >= 4 is 27.8 Å². The summed E-state index contributed by atoms with van der Waals surface area (Å²) in [5.74, 6) is -0.651. The number of hydrogen-bond acceptors (Lipinski definition) is 9. The number of alkyl halides is 3. The monoisotopic (exact) mass is 572 g/mol. The van der Waals surface area contributed by atoms with Crippen molar-refractivity contribution in [3.63, 3.8) is 0 Å². The van der Waals surface area contributed by atoms with Crippen LogP contribution in [-0.2, 0) is 42.9 Å². The smallest absolute Gasteiger partial charge is 0.466 e. The summed E-state index contributed by atoms with van der Waals surface area (Å²) in [5, 5.41) is 0. The lowest BCUT2D eigenvalue weighted by Crippen LogP contribution is -2.34. The molecule has 220 valence electrons. The van der Waals surface area contributed by atoms with Gasteiger partial charge in [0.2, 0.25) is 0 Å². The molecule has 0 aromatic rings. The molecule has 3 rings (SSSR count). The minimum Gasteiger partial charge on any atom is -0.466 e. The Hall–Kier alpha value is -2.15. The molecule has 1 saturated carbocycles. The molecule has 0 N–H and O–H groups in total. The topological polar surface area (TPSA) is 122 Å². The number of allylic oxidation sites excluding steroid dienone is 2. The van der Waals surface area contributed by atoms with Crippen LogP contribution in [0.4, 0.5) is 13.2 Å². The Morgan fingerprint density at radius 2 is 1.39 bits per heavy atom. The van der Waals surface area contributed by atoms with E-state index < -0.39 is 32.4 Å². The molecule has 0 spiro atoms. The van der Waals surface area contributed by atoms with Crippen LogP contribution >= 0.6 is 0 Å². The van der Waals surface area contributed by atoms with E-state index in [2.05, 4.69) is 4.18 Å². The fourth-order valence-electron chi connectivity index (χ4n) is 3.80. The van der Waals surface area contributed by atoms with Gasteiger partial charge in [0, 0.05) is 32.5 Å². The first-order valence-corrected chi connectivity index (χ1v) is 14.1. The lowest BCUT2D eigenvalue weighted by molar-refractivity contribution is -0.157. The highest BCUT2D eigenvalue weighted by atomic mass is 32.2. The SMILES string of the molecule is C1CCOC1.CCOC(=O)C1(C)CC=C(OS(=O)(=O)C(F)(F)F)CC1.CCOC(=O)C1(C)CCC(=O)CC1. The maximum absolute atomic E-state index is 12.2. The van der Waals surface area contributed by atoms with Crippen LogP contribution < -0.4 is 0 Å². The standard InChI is InChI=1S/C11H15F3O5S.C10H16O3.C4H8O/c1-3-18-9(15)10(2)6-4-8(5-7-10)19-20(16,17)11(12,13)14;1-3-13-9(12)10(2)6-4-8(11)5-7-10;1-2-4-5-3-1/h4H,3,5-7H2,1-2H3;3-7H2,1-2H3;1-4H2. The second-order valence-corrected chi connectivity index (χ2v) is 11.3. The number of esters is 2. The summed E-state index contributed by atoms with van der Waals surface area (Å²) in [6, 6.07) is 0. The van der Waals surface area contributed by atoms with Crippen molar-refractivity contribution in [3.8, 4) is 0 Å². The number of carbonyl (C=O) groups is 3. The van der Waals surface area contributed by atoms with E-state index in [0.29, 0.717) is 32.3 Å². The van der Waals surface area contributed by atoms with Gasteiger partial charge in [-0.1, -0.05) is 0 Å². The largest absolute Gasteiger partial charge is 0.534 e. The lowest BCUT2D eigenvalue weighted by Gasteiger charge is -2.30. The highest BCUT2D eigenvalue weighted by Gasteiger charge is 2.49. The Bertz CT molecular complexity index is 923. The Morgan fingerprint density at radius 3 is 1.76 bits per heavy atom. The average molecular weight is 573 g/mol. The summed E-state index contributed by atoms with van der Waals surface area (Å²) >= 11 is 0. The summed E-state index contributed by atoms with van der Waals surface area (Å²) in [6.45, 7) is 9.56. The molecule has 38 heavy (non-hydrogen) atoms. The molecule has 0 amide bonds. The zero-order valence-corrected chi connectivity index (χ0v) is 23.3. The van der Waals surface area contributed by atoms with E-state index in [4.69, 9.17) is 14.2 Å². The maximum Gasteiger partial charge on any atom is 0.534 e. The minimum absolute atomic E-state index is 0.0640. The number of rotatable bonds is 6. The summed E-state index contributed by atoms with van der Waals surface area (Å²) in [5.41, 5.74) is -6.75. The first kappa shape index (κ1) is 33.9. The molecule has 1 unspecified atom stereocenters. The van der Waals surface area contributed by atoms with Crippen molar-refractivity contribution < 1.29 is 54.4 Å². The van der Waals surface area contributed by atoms with Gasteiger partial charge in [0.05, 0.1) is 24.0 Å². The highest BCUT2D eigenvalue weighted by Crippen LogP contribution is 2.38. The van der Waals surface area contributed by atoms with Crippen molar-refractivity contribution in [2.24, 2.45) is 10.8 Å². The Balaban J connectivity index is 0.000000339. The number of hydrogen-bond donors (Lipinski definition) is 0. The third-order valence-electron chi connectivity index (χ3n) is 6.48. The van der Waals surface area contributed by atoms with E-state index in [1.54, 1.807) is 20.8 Å². The van der Waals surface area contributed by atoms with Crippen LogP contribution in [0.2, 0.25) is 0 Å². The lowest BCUT2D eigenvalue weighted by atomic mass is 9.75. The zero-order chi connectivity index (χ0) is 29.0. The van der Waals surface area contributed by atoms with Gasteiger partial charge in [0.15, 0.2) is 0 Å².